The van der Waals surface area contributed by atoms with Gasteiger partial charge in [-0.15, -0.1) is 0 Å². The number of aromatic nitrogens is 1. The van der Waals surface area contributed by atoms with Gasteiger partial charge in [0.25, 0.3) is 11.8 Å². The second kappa shape index (κ2) is 8.35. The van der Waals surface area contributed by atoms with E-state index in [9.17, 15) is 14.0 Å². The summed E-state index contributed by atoms with van der Waals surface area (Å²) in [7, 11) is 0. The number of amides is 2. The van der Waals surface area contributed by atoms with Crippen LogP contribution in [-0.4, -0.2) is 21.5 Å². The lowest BCUT2D eigenvalue weighted by Gasteiger charge is -2.29. The van der Waals surface area contributed by atoms with Crippen LogP contribution in [-0.2, 0) is 9.59 Å². The molecule has 0 unspecified atom stereocenters. The first-order valence-electron chi connectivity index (χ1n) is 9.39. The van der Waals surface area contributed by atoms with Gasteiger partial charge in [-0.3, -0.25) is 14.9 Å². The molecular formula is C23H17FIN3O2S. The predicted octanol–water partition coefficient (Wildman–Crippen LogP) is 4.67. The van der Waals surface area contributed by atoms with E-state index in [-0.39, 0.29) is 16.4 Å². The highest BCUT2D eigenvalue weighted by Crippen LogP contribution is 2.27. The number of carbonyl (C=O) groups is 2. The van der Waals surface area contributed by atoms with E-state index in [0.717, 1.165) is 31.1 Å². The van der Waals surface area contributed by atoms with Gasteiger partial charge in [0.1, 0.15) is 11.4 Å². The molecule has 0 aliphatic carbocycles. The van der Waals surface area contributed by atoms with Crippen molar-refractivity contribution in [1.82, 2.24) is 9.88 Å². The Labute approximate surface area is 197 Å². The van der Waals surface area contributed by atoms with Crippen LogP contribution in [0.15, 0.2) is 60.2 Å². The van der Waals surface area contributed by atoms with E-state index in [2.05, 4.69) is 27.9 Å². The number of nitrogens with one attached hydrogen (secondary N) is 1. The van der Waals surface area contributed by atoms with Crippen molar-refractivity contribution in [3.8, 4) is 5.69 Å². The van der Waals surface area contributed by atoms with Crippen LogP contribution in [0.4, 0.5) is 10.1 Å². The van der Waals surface area contributed by atoms with E-state index < -0.39 is 17.6 Å². The third-order valence-electron chi connectivity index (χ3n) is 5.05. The van der Waals surface area contributed by atoms with Crippen LogP contribution in [0.3, 0.4) is 0 Å². The first-order chi connectivity index (χ1) is 14.8. The zero-order valence-corrected chi connectivity index (χ0v) is 19.6. The van der Waals surface area contributed by atoms with Crippen LogP contribution in [0, 0.1) is 23.2 Å². The Balaban J connectivity index is 1.77. The van der Waals surface area contributed by atoms with Crippen LogP contribution in [0.25, 0.3) is 11.8 Å². The number of benzene rings is 2. The Morgan fingerprint density at radius 3 is 2.42 bits per heavy atom. The largest absolute Gasteiger partial charge is 0.318 e. The number of para-hydroxylation sites is 1. The molecule has 0 atom stereocenters. The van der Waals surface area contributed by atoms with E-state index in [0.29, 0.717) is 0 Å². The number of thiocarbonyl (C=S) groups is 1. The van der Waals surface area contributed by atoms with Gasteiger partial charge >= 0.3 is 0 Å². The first-order valence-corrected chi connectivity index (χ1v) is 10.9. The van der Waals surface area contributed by atoms with Gasteiger partial charge in [0.15, 0.2) is 5.11 Å². The maximum absolute atomic E-state index is 14.3. The third-order valence-corrected chi connectivity index (χ3v) is 6.05. The summed E-state index contributed by atoms with van der Waals surface area (Å²) in [6.07, 6.45) is 1.53. The van der Waals surface area contributed by atoms with E-state index in [1.54, 1.807) is 6.07 Å². The van der Waals surface area contributed by atoms with Crippen LogP contribution < -0.4 is 10.2 Å². The minimum atomic E-state index is -0.669. The summed E-state index contributed by atoms with van der Waals surface area (Å²) >= 11 is 7.39. The van der Waals surface area contributed by atoms with Crippen molar-refractivity contribution in [2.24, 2.45) is 0 Å². The van der Waals surface area contributed by atoms with Crippen LogP contribution in [0.1, 0.15) is 17.0 Å². The molecule has 2 aromatic carbocycles. The molecule has 1 aromatic heterocycles. The number of anilines is 1. The highest BCUT2D eigenvalue weighted by Gasteiger charge is 2.35. The van der Waals surface area contributed by atoms with Crippen molar-refractivity contribution in [3.63, 3.8) is 0 Å². The van der Waals surface area contributed by atoms with Crippen molar-refractivity contribution in [2.75, 3.05) is 4.90 Å². The number of rotatable bonds is 3. The maximum Gasteiger partial charge on any atom is 0.270 e. The van der Waals surface area contributed by atoms with Gasteiger partial charge < -0.3 is 4.57 Å². The Bertz CT molecular complexity index is 1260. The van der Waals surface area contributed by atoms with Gasteiger partial charge in [0.05, 0.1) is 5.69 Å². The molecule has 0 saturated carbocycles. The second-order valence-electron chi connectivity index (χ2n) is 7.05. The molecule has 5 nitrogen and oxygen atoms in total. The molecule has 1 aliphatic rings. The first kappa shape index (κ1) is 21.4. The number of halogens is 2. The highest BCUT2D eigenvalue weighted by molar-refractivity contribution is 14.1. The lowest BCUT2D eigenvalue weighted by molar-refractivity contribution is -0.122. The molecule has 0 bridgehead atoms. The summed E-state index contributed by atoms with van der Waals surface area (Å²) in [6.45, 7) is 3.87. The highest BCUT2D eigenvalue weighted by atomic mass is 127. The normalized spacial score (nSPS) is 15.5. The zero-order chi connectivity index (χ0) is 22.3. The molecule has 0 radical (unpaired) electrons. The summed E-state index contributed by atoms with van der Waals surface area (Å²) in [5.74, 6) is -1.88. The lowest BCUT2D eigenvalue weighted by Crippen LogP contribution is -2.54. The minimum absolute atomic E-state index is 0.00670. The number of aryl methyl sites for hydroxylation is 1. The molecule has 1 fully saturated rings. The fourth-order valence-electron chi connectivity index (χ4n) is 3.59. The molecule has 3 aromatic rings. The standard InChI is InChI=1S/C23H17FIN3O2S/c1-13-11-15(14(2)27(13)17-9-7-16(25)8-10-17)12-18-21(29)26-23(31)28(22(18)30)20-6-4-3-5-19(20)24/h3-12H,1-2H3,(H,26,29,31)/b18-12+. The van der Waals surface area contributed by atoms with Gasteiger partial charge in [-0.05, 0) is 103 Å². The van der Waals surface area contributed by atoms with Gasteiger partial charge in [0, 0.05) is 20.6 Å². The van der Waals surface area contributed by atoms with E-state index in [1.165, 1.54) is 24.3 Å². The van der Waals surface area contributed by atoms with Crippen molar-refractivity contribution in [2.45, 2.75) is 13.8 Å². The lowest BCUT2D eigenvalue weighted by atomic mass is 10.1. The Kier molecular flexibility index (Phi) is 5.76. The maximum atomic E-state index is 14.3. The molecule has 8 heteroatoms. The molecule has 2 amide bonds. The summed E-state index contributed by atoms with van der Waals surface area (Å²) < 4.78 is 17.5. The molecule has 0 spiro atoms. The van der Waals surface area contributed by atoms with Crippen molar-refractivity contribution >= 4 is 63.5 Å². The molecule has 31 heavy (non-hydrogen) atoms. The van der Waals surface area contributed by atoms with Gasteiger partial charge in [-0.2, -0.15) is 0 Å². The van der Waals surface area contributed by atoms with Crippen LogP contribution >= 0.6 is 34.8 Å². The fraction of sp³-hybridized carbons (Fsp3) is 0.0870. The summed E-state index contributed by atoms with van der Waals surface area (Å²) in [5, 5.41) is 2.34. The number of nitrogens with zero attached hydrogens (tertiary/aromatic N) is 2. The van der Waals surface area contributed by atoms with Crippen LogP contribution in [0.5, 0.6) is 0 Å². The molecule has 1 N–H and O–H groups in total. The monoisotopic (exact) mass is 545 g/mol. The third kappa shape index (κ3) is 3.92. The number of carbonyl (C=O) groups excluding carboxylic acids is 2. The molecular weight excluding hydrogens is 528 g/mol. The fourth-order valence-corrected chi connectivity index (χ4v) is 4.22. The van der Waals surface area contributed by atoms with E-state index in [1.807, 2.05) is 48.7 Å². The molecule has 4 rings (SSSR count). The average molecular weight is 545 g/mol. The minimum Gasteiger partial charge on any atom is -0.318 e. The number of hydrogen-bond acceptors (Lipinski definition) is 3. The second-order valence-corrected chi connectivity index (χ2v) is 8.68. The molecule has 2 heterocycles. The smallest absolute Gasteiger partial charge is 0.270 e. The van der Waals surface area contributed by atoms with Crippen LogP contribution in [0.2, 0.25) is 0 Å². The predicted molar refractivity (Wildman–Crippen MR) is 131 cm³/mol. The molecule has 156 valence electrons. The molecule has 1 aliphatic heterocycles. The summed E-state index contributed by atoms with van der Waals surface area (Å²) in [4.78, 5) is 26.7. The van der Waals surface area contributed by atoms with E-state index in [4.69, 9.17) is 12.2 Å². The zero-order valence-electron chi connectivity index (χ0n) is 16.6. The SMILES string of the molecule is Cc1cc(/C=C2\C(=O)NC(=S)N(c3ccccc3F)C2=O)c(C)n1-c1ccc(I)cc1. The van der Waals surface area contributed by atoms with Gasteiger partial charge in [-0.1, -0.05) is 12.1 Å². The van der Waals surface area contributed by atoms with Crippen molar-refractivity contribution < 1.29 is 14.0 Å². The van der Waals surface area contributed by atoms with Gasteiger partial charge in [-0.25, -0.2) is 9.29 Å². The quantitative estimate of drug-likeness (QED) is 0.225. The van der Waals surface area contributed by atoms with E-state index >= 15 is 0 Å². The summed E-state index contributed by atoms with van der Waals surface area (Å²) in [5.41, 5.74) is 3.41. The molecule has 1 saturated heterocycles. The Hall–Kier alpha value is -2.85. The topological polar surface area (TPSA) is 54.3 Å². The van der Waals surface area contributed by atoms with Gasteiger partial charge in [0.2, 0.25) is 0 Å². The Morgan fingerprint density at radius 1 is 1.06 bits per heavy atom. The number of hydrogen-bond donors (Lipinski definition) is 1. The van der Waals surface area contributed by atoms with Crippen molar-refractivity contribution in [1.29, 1.82) is 0 Å². The van der Waals surface area contributed by atoms with Crippen molar-refractivity contribution in [3.05, 3.63) is 86.5 Å². The summed E-state index contributed by atoms with van der Waals surface area (Å²) in [6, 6.07) is 15.7. The Morgan fingerprint density at radius 2 is 1.74 bits per heavy atom. The average Bonchev–Trinajstić information content (AvgIpc) is 3.00.